The van der Waals surface area contributed by atoms with Crippen molar-refractivity contribution in [3.05, 3.63) is 23.9 Å². The van der Waals surface area contributed by atoms with E-state index in [4.69, 9.17) is 10.00 Å². The van der Waals surface area contributed by atoms with Crippen LogP contribution in [0.2, 0.25) is 0 Å². The fraction of sp³-hybridized carbons (Fsp3) is 0.273. The van der Waals surface area contributed by atoms with Gasteiger partial charge in [-0.3, -0.25) is 5.10 Å². The van der Waals surface area contributed by atoms with Crippen LogP contribution in [0.15, 0.2) is 18.2 Å². The van der Waals surface area contributed by atoms with Crippen molar-refractivity contribution in [1.82, 2.24) is 10.2 Å². The maximum Gasteiger partial charge on any atom is 0.121 e. The second-order valence-corrected chi connectivity index (χ2v) is 3.24. The molecule has 0 aliphatic rings. The Morgan fingerprint density at radius 1 is 1.53 bits per heavy atom. The topological polar surface area (TPSA) is 61.7 Å². The van der Waals surface area contributed by atoms with E-state index in [0.717, 1.165) is 22.3 Å². The van der Waals surface area contributed by atoms with E-state index in [1.165, 1.54) is 0 Å². The zero-order valence-electron chi connectivity index (χ0n) is 8.45. The van der Waals surface area contributed by atoms with Crippen molar-refractivity contribution in [2.24, 2.45) is 0 Å². The minimum absolute atomic E-state index is 0.503. The Balaban J connectivity index is 2.39. The summed E-state index contributed by atoms with van der Waals surface area (Å²) in [6.07, 6.45) is 1.21. The molecule has 0 unspecified atom stereocenters. The number of rotatable bonds is 3. The summed E-state index contributed by atoms with van der Waals surface area (Å²) in [7, 11) is 1.63. The van der Waals surface area contributed by atoms with Gasteiger partial charge in [0.25, 0.3) is 0 Å². The van der Waals surface area contributed by atoms with Crippen LogP contribution in [0.25, 0.3) is 10.9 Å². The zero-order chi connectivity index (χ0) is 10.7. The Hall–Kier alpha value is -2.02. The van der Waals surface area contributed by atoms with E-state index >= 15 is 0 Å². The van der Waals surface area contributed by atoms with Crippen LogP contribution >= 0.6 is 0 Å². The molecule has 0 saturated carbocycles. The van der Waals surface area contributed by atoms with E-state index in [9.17, 15) is 0 Å². The van der Waals surface area contributed by atoms with Crippen molar-refractivity contribution in [1.29, 1.82) is 5.26 Å². The van der Waals surface area contributed by atoms with Crippen LogP contribution < -0.4 is 4.74 Å². The van der Waals surface area contributed by atoms with E-state index in [2.05, 4.69) is 16.3 Å². The molecule has 0 fully saturated rings. The molecule has 1 aromatic carbocycles. The van der Waals surface area contributed by atoms with Crippen molar-refractivity contribution in [2.75, 3.05) is 7.11 Å². The summed E-state index contributed by atoms with van der Waals surface area (Å²) in [6, 6.07) is 7.86. The van der Waals surface area contributed by atoms with Gasteiger partial charge in [-0.1, -0.05) is 0 Å². The van der Waals surface area contributed by atoms with Crippen LogP contribution in [-0.4, -0.2) is 17.3 Å². The molecule has 1 heterocycles. The number of aromatic nitrogens is 2. The predicted molar refractivity (Wildman–Crippen MR) is 56.6 cm³/mol. The van der Waals surface area contributed by atoms with Gasteiger partial charge in [-0.15, -0.1) is 0 Å². The maximum atomic E-state index is 8.52. The number of benzene rings is 1. The molecule has 4 nitrogen and oxygen atoms in total. The molecule has 2 aromatic rings. The minimum atomic E-state index is 0.503. The van der Waals surface area contributed by atoms with Gasteiger partial charge in [-0.25, -0.2) is 0 Å². The second-order valence-electron chi connectivity index (χ2n) is 3.24. The molecule has 0 aliphatic heterocycles. The molecule has 2 rings (SSSR count). The largest absolute Gasteiger partial charge is 0.497 e. The minimum Gasteiger partial charge on any atom is -0.497 e. The van der Waals surface area contributed by atoms with Gasteiger partial charge in [-0.2, -0.15) is 10.4 Å². The van der Waals surface area contributed by atoms with Crippen LogP contribution in [0.5, 0.6) is 5.75 Å². The fourth-order valence-electron chi connectivity index (χ4n) is 1.55. The highest BCUT2D eigenvalue weighted by Gasteiger charge is 2.05. The predicted octanol–water partition coefficient (Wildman–Crippen LogP) is 2.03. The maximum absolute atomic E-state index is 8.52. The van der Waals surface area contributed by atoms with Crippen LogP contribution in [0.3, 0.4) is 0 Å². The van der Waals surface area contributed by atoms with E-state index in [1.807, 2.05) is 18.2 Å². The quantitative estimate of drug-likeness (QED) is 0.826. The molecule has 15 heavy (non-hydrogen) atoms. The van der Waals surface area contributed by atoms with Gasteiger partial charge in [-0.05, 0) is 12.1 Å². The summed E-state index contributed by atoms with van der Waals surface area (Å²) in [5.41, 5.74) is 1.89. The monoisotopic (exact) mass is 201 g/mol. The molecule has 0 aliphatic carbocycles. The molecular formula is C11H11N3O. The first-order valence-electron chi connectivity index (χ1n) is 4.73. The lowest BCUT2D eigenvalue weighted by atomic mass is 10.1. The molecule has 0 spiro atoms. The molecule has 76 valence electrons. The van der Waals surface area contributed by atoms with Crippen molar-refractivity contribution in [2.45, 2.75) is 12.8 Å². The first-order valence-corrected chi connectivity index (χ1v) is 4.73. The number of nitriles is 1. The van der Waals surface area contributed by atoms with Gasteiger partial charge in [0.05, 0.1) is 18.7 Å². The molecule has 0 saturated heterocycles. The third-order valence-electron chi connectivity index (χ3n) is 2.33. The lowest BCUT2D eigenvalue weighted by molar-refractivity contribution is 0.415. The van der Waals surface area contributed by atoms with Gasteiger partial charge < -0.3 is 4.74 Å². The number of methoxy groups -OCH3 is 1. The first kappa shape index (κ1) is 9.53. The average Bonchev–Trinajstić information content (AvgIpc) is 2.68. The number of ether oxygens (including phenoxy) is 1. The van der Waals surface area contributed by atoms with Gasteiger partial charge in [0.15, 0.2) is 0 Å². The molecule has 1 N–H and O–H groups in total. The standard InChI is InChI=1S/C11H11N3O/c1-15-8-4-5-9-10(3-2-6-12)13-14-11(9)7-8/h4-5,7H,2-3H2,1H3,(H,13,14). The van der Waals surface area contributed by atoms with E-state index in [-0.39, 0.29) is 0 Å². The summed E-state index contributed by atoms with van der Waals surface area (Å²) >= 11 is 0. The molecule has 0 radical (unpaired) electrons. The number of H-pyrrole nitrogens is 1. The molecule has 4 heteroatoms. The highest BCUT2D eigenvalue weighted by molar-refractivity contribution is 5.82. The van der Waals surface area contributed by atoms with Gasteiger partial charge >= 0.3 is 0 Å². The Labute approximate surface area is 87.5 Å². The Morgan fingerprint density at radius 3 is 3.13 bits per heavy atom. The lowest BCUT2D eigenvalue weighted by Crippen LogP contribution is -1.84. The number of aromatic amines is 1. The number of nitrogens with zero attached hydrogens (tertiary/aromatic N) is 2. The Kier molecular flexibility index (Phi) is 2.55. The first-order chi connectivity index (χ1) is 7.35. The SMILES string of the molecule is COc1ccc2c(CCC#N)[nH]nc2c1. The Bertz CT molecular complexity index is 510. The van der Waals surface area contributed by atoms with E-state index in [0.29, 0.717) is 12.8 Å². The van der Waals surface area contributed by atoms with E-state index in [1.54, 1.807) is 7.11 Å². The summed E-state index contributed by atoms with van der Waals surface area (Å²) in [5, 5.41) is 16.7. The summed E-state index contributed by atoms with van der Waals surface area (Å²) < 4.78 is 5.11. The van der Waals surface area contributed by atoms with Gasteiger partial charge in [0, 0.05) is 30.0 Å². The normalized spacial score (nSPS) is 10.1. The van der Waals surface area contributed by atoms with E-state index < -0.39 is 0 Å². The van der Waals surface area contributed by atoms with Crippen LogP contribution in [-0.2, 0) is 6.42 Å². The lowest BCUT2D eigenvalue weighted by Gasteiger charge is -1.98. The highest BCUT2D eigenvalue weighted by Crippen LogP contribution is 2.22. The number of fused-ring (bicyclic) bond motifs is 1. The van der Waals surface area contributed by atoms with Gasteiger partial charge in [0.1, 0.15) is 5.75 Å². The fourth-order valence-corrected chi connectivity index (χ4v) is 1.55. The summed E-state index contributed by atoms with van der Waals surface area (Å²) in [6.45, 7) is 0. The highest BCUT2D eigenvalue weighted by atomic mass is 16.5. The molecule has 0 amide bonds. The number of nitrogens with one attached hydrogen (secondary N) is 1. The van der Waals surface area contributed by atoms with Crippen molar-refractivity contribution >= 4 is 10.9 Å². The third kappa shape index (κ3) is 1.77. The van der Waals surface area contributed by atoms with Gasteiger partial charge in [0.2, 0.25) is 0 Å². The summed E-state index contributed by atoms with van der Waals surface area (Å²) in [4.78, 5) is 0. The molecule has 0 bridgehead atoms. The second kappa shape index (κ2) is 4.01. The van der Waals surface area contributed by atoms with Crippen molar-refractivity contribution in [3.8, 4) is 11.8 Å². The van der Waals surface area contributed by atoms with Crippen LogP contribution in [0.4, 0.5) is 0 Å². The third-order valence-corrected chi connectivity index (χ3v) is 2.33. The number of hydrogen-bond donors (Lipinski definition) is 1. The smallest absolute Gasteiger partial charge is 0.121 e. The number of aryl methyl sites for hydroxylation is 1. The summed E-state index contributed by atoms with van der Waals surface area (Å²) in [5.74, 6) is 0.792. The zero-order valence-corrected chi connectivity index (χ0v) is 8.45. The molecule has 1 aromatic heterocycles. The Morgan fingerprint density at radius 2 is 2.40 bits per heavy atom. The molecular weight excluding hydrogens is 190 g/mol. The van der Waals surface area contributed by atoms with Crippen LogP contribution in [0, 0.1) is 11.3 Å². The van der Waals surface area contributed by atoms with Crippen molar-refractivity contribution < 1.29 is 4.74 Å². The number of hydrogen-bond acceptors (Lipinski definition) is 3. The molecule has 0 atom stereocenters. The average molecular weight is 201 g/mol. The van der Waals surface area contributed by atoms with Crippen LogP contribution in [0.1, 0.15) is 12.1 Å². The van der Waals surface area contributed by atoms with Crippen molar-refractivity contribution in [3.63, 3.8) is 0 Å².